The molecule has 0 radical (unpaired) electrons. The maximum absolute atomic E-state index is 14.2. The predicted octanol–water partition coefficient (Wildman–Crippen LogP) is 0.234. The van der Waals surface area contributed by atoms with Crippen LogP contribution in [-0.4, -0.2) is 42.7 Å². The number of benzene rings is 1. The topological polar surface area (TPSA) is 112 Å². The molecule has 1 fully saturated rings. The molecule has 25 heavy (non-hydrogen) atoms. The number of halogens is 1. The van der Waals surface area contributed by atoms with E-state index in [0.717, 1.165) is 6.07 Å². The van der Waals surface area contributed by atoms with Crippen molar-refractivity contribution in [1.29, 1.82) is 0 Å². The molecule has 11 heteroatoms. The van der Waals surface area contributed by atoms with Crippen molar-refractivity contribution in [3.63, 3.8) is 0 Å². The van der Waals surface area contributed by atoms with Gasteiger partial charge in [0, 0.05) is 6.92 Å². The fourth-order valence-electron chi connectivity index (χ4n) is 2.12. The van der Waals surface area contributed by atoms with Crippen LogP contribution in [0.3, 0.4) is 0 Å². The lowest BCUT2D eigenvalue weighted by atomic mass is 10.2. The van der Waals surface area contributed by atoms with Gasteiger partial charge in [-0.15, -0.1) is 0 Å². The van der Waals surface area contributed by atoms with Gasteiger partial charge in [-0.05, 0) is 30.4 Å². The molecule has 4 N–H and O–H groups in total. The monoisotopic (exact) mass is 369 g/mol. The van der Waals surface area contributed by atoms with Gasteiger partial charge in [0.1, 0.15) is 11.9 Å². The first-order valence-corrected chi connectivity index (χ1v) is 7.60. The minimum absolute atomic E-state index is 0.00490. The number of nitrogens with zero attached hydrogens (tertiary/aromatic N) is 1. The van der Waals surface area contributed by atoms with E-state index < -0.39 is 18.0 Å². The highest BCUT2D eigenvalue weighted by atomic mass is 32.1. The molecule has 134 valence electrons. The van der Waals surface area contributed by atoms with Crippen LogP contribution in [0.2, 0.25) is 0 Å². The third kappa shape index (κ3) is 5.01. The number of hydrogen-bond donors (Lipinski definition) is 4. The van der Waals surface area contributed by atoms with Crippen LogP contribution in [0, 0.1) is 5.82 Å². The summed E-state index contributed by atoms with van der Waals surface area (Å²) < 4.78 is 19.3. The van der Waals surface area contributed by atoms with Crippen molar-refractivity contribution in [1.82, 2.24) is 16.2 Å². The smallest absolute Gasteiger partial charge is 0.414 e. The standard InChI is InChI=1S/C14H16FN5O4S/c1-8(22)16-5-10-6-20(14(23)24-10)9-2-3-12(11(15)4-9)18-13(25)19-17-7-21/h2-4,7,10H,5-6H2,1H3,(H,16,22)(H,17,21)(H2,18,19,25)/t10-/m0/s1. The number of thiocarbonyl (C=S) groups is 1. The lowest BCUT2D eigenvalue weighted by Crippen LogP contribution is -2.39. The number of rotatable bonds is 6. The average molecular weight is 369 g/mol. The lowest BCUT2D eigenvalue weighted by Gasteiger charge is -2.15. The van der Waals surface area contributed by atoms with Gasteiger partial charge in [0.2, 0.25) is 12.3 Å². The van der Waals surface area contributed by atoms with Crippen molar-refractivity contribution < 1.29 is 23.5 Å². The summed E-state index contributed by atoms with van der Waals surface area (Å²) in [6, 6.07) is 4.07. The van der Waals surface area contributed by atoms with Crippen LogP contribution in [-0.2, 0) is 14.3 Å². The van der Waals surface area contributed by atoms with Gasteiger partial charge >= 0.3 is 6.09 Å². The maximum atomic E-state index is 14.2. The summed E-state index contributed by atoms with van der Waals surface area (Å²) in [6.45, 7) is 1.73. The summed E-state index contributed by atoms with van der Waals surface area (Å²) >= 11 is 4.86. The number of amides is 3. The van der Waals surface area contributed by atoms with Crippen molar-refractivity contribution in [2.75, 3.05) is 23.3 Å². The normalized spacial score (nSPS) is 16.0. The first-order chi connectivity index (χ1) is 11.9. The van der Waals surface area contributed by atoms with Crippen molar-refractivity contribution in [2.24, 2.45) is 0 Å². The lowest BCUT2D eigenvalue weighted by molar-refractivity contribution is -0.119. The second kappa shape index (κ2) is 8.24. The van der Waals surface area contributed by atoms with E-state index in [-0.39, 0.29) is 29.8 Å². The van der Waals surface area contributed by atoms with Crippen LogP contribution in [0.15, 0.2) is 18.2 Å². The number of cyclic esters (lactones) is 1. The predicted molar refractivity (Wildman–Crippen MR) is 91.3 cm³/mol. The summed E-state index contributed by atoms with van der Waals surface area (Å²) in [5, 5.41) is 5.11. The molecule has 1 aliphatic rings. The van der Waals surface area contributed by atoms with Crippen LogP contribution in [0.4, 0.5) is 20.6 Å². The average Bonchev–Trinajstić information content (AvgIpc) is 2.94. The fraction of sp³-hybridized carbons (Fsp3) is 0.286. The number of carbonyl (C=O) groups is 3. The van der Waals surface area contributed by atoms with Crippen LogP contribution >= 0.6 is 12.2 Å². The molecule has 1 heterocycles. The van der Waals surface area contributed by atoms with E-state index >= 15 is 0 Å². The zero-order valence-electron chi connectivity index (χ0n) is 13.2. The minimum Gasteiger partial charge on any atom is -0.442 e. The Kier molecular flexibility index (Phi) is 6.06. The molecule has 1 aromatic carbocycles. The maximum Gasteiger partial charge on any atom is 0.414 e. The van der Waals surface area contributed by atoms with Crippen LogP contribution in [0.1, 0.15) is 6.92 Å². The molecule has 3 amide bonds. The number of hydrogen-bond acceptors (Lipinski definition) is 5. The van der Waals surface area contributed by atoms with Crippen molar-refractivity contribution in [3.05, 3.63) is 24.0 Å². The van der Waals surface area contributed by atoms with Gasteiger partial charge in [0.05, 0.1) is 24.5 Å². The molecule has 1 aliphatic heterocycles. The van der Waals surface area contributed by atoms with Crippen LogP contribution < -0.4 is 26.4 Å². The molecular formula is C14H16FN5O4S. The number of nitrogens with one attached hydrogen (secondary N) is 4. The van der Waals surface area contributed by atoms with E-state index in [1.165, 1.54) is 24.0 Å². The van der Waals surface area contributed by atoms with E-state index in [4.69, 9.17) is 17.0 Å². The molecular weight excluding hydrogens is 353 g/mol. The van der Waals surface area contributed by atoms with Gasteiger partial charge in [0.15, 0.2) is 5.11 Å². The Labute approximate surface area is 147 Å². The Balaban J connectivity index is 2.02. The summed E-state index contributed by atoms with van der Waals surface area (Å²) in [5.74, 6) is -0.879. The molecule has 0 unspecified atom stereocenters. The molecule has 0 bridgehead atoms. The molecule has 2 rings (SSSR count). The Bertz CT molecular complexity index is 702. The molecule has 1 saturated heterocycles. The zero-order chi connectivity index (χ0) is 18.4. The molecule has 0 aliphatic carbocycles. The highest BCUT2D eigenvalue weighted by Crippen LogP contribution is 2.25. The third-order valence-corrected chi connectivity index (χ3v) is 3.41. The molecule has 1 aromatic rings. The van der Waals surface area contributed by atoms with Gasteiger partial charge in [-0.3, -0.25) is 25.3 Å². The second-order valence-corrected chi connectivity index (χ2v) is 5.47. The quantitative estimate of drug-likeness (QED) is 0.323. The van der Waals surface area contributed by atoms with Crippen LogP contribution in [0.5, 0.6) is 0 Å². The number of hydrazine groups is 1. The second-order valence-electron chi connectivity index (χ2n) is 5.06. The molecule has 0 aromatic heterocycles. The van der Waals surface area contributed by atoms with E-state index in [9.17, 15) is 18.8 Å². The van der Waals surface area contributed by atoms with E-state index in [1.807, 2.05) is 0 Å². The highest BCUT2D eigenvalue weighted by Gasteiger charge is 2.32. The fourth-order valence-corrected chi connectivity index (χ4v) is 2.29. The SMILES string of the molecule is CC(=O)NC[C@H]1CN(c2ccc(NC(=S)NNC=O)c(F)c2)C(=O)O1. The van der Waals surface area contributed by atoms with Gasteiger partial charge in [-0.2, -0.15) is 0 Å². The highest BCUT2D eigenvalue weighted by molar-refractivity contribution is 7.80. The zero-order valence-corrected chi connectivity index (χ0v) is 14.0. The molecule has 0 saturated carbocycles. The molecule has 1 atom stereocenters. The summed E-state index contributed by atoms with van der Waals surface area (Å²) in [6.07, 6.45) is -0.754. The largest absolute Gasteiger partial charge is 0.442 e. The van der Waals surface area contributed by atoms with Gasteiger partial charge in [0.25, 0.3) is 0 Å². The van der Waals surface area contributed by atoms with E-state index in [0.29, 0.717) is 12.1 Å². The Morgan fingerprint density at radius 3 is 2.92 bits per heavy atom. The molecule has 0 spiro atoms. The number of anilines is 2. The number of carbonyl (C=O) groups excluding carboxylic acids is 3. The van der Waals surface area contributed by atoms with Crippen molar-refractivity contribution >= 4 is 47.1 Å². The minimum atomic E-state index is -0.647. The Morgan fingerprint density at radius 2 is 2.28 bits per heavy atom. The first-order valence-electron chi connectivity index (χ1n) is 7.19. The summed E-state index contributed by atoms with van der Waals surface area (Å²) in [4.78, 5) is 34.2. The van der Waals surface area contributed by atoms with Gasteiger partial charge < -0.3 is 15.4 Å². The Morgan fingerprint density at radius 1 is 1.52 bits per heavy atom. The summed E-state index contributed by atoms with van der Waals surface area (Å²) in [7, 11) is 0. The molecule has 9 nitrogen and oxygen atoms in total. The third-order valence-electron chi connectivity index (χ3n) is 3.21. The number of ether oxygens (including phenoxy) is 1. The first kappa shape index (κ1) is 18.4. The van der Waals surface area contributed by atoms with Gasteiger partial charge in [-0.1, -0.05) is 0 Å². The van der Waals surface area contributed by atoms with E-state index in [1.54, 1.807) is 0 Å². The van der Waals surface area contributed by atoms with E-state index in [2.05, 4.69) is 21.5 Å². The van der Waals surface area contributed by atoms with Gasteiger partial charge in [-0.25, -0.2) is 9.18 Å². The van der Waals surface area contributed by atoms with Crippen molar-refractivity contribution in [2.45, 2.75) is 13.0 Å². The van der Waals surface area contributed by atoms with Crippen LogP contribution in [0.25, 0.3) is 0 Å². The summed E-state index contributed by atoms with van der Waals surface area (Å²) in [5.41, 5.74) is 4.82. The van der Waals surface area contributed by atoms with Crippen molar-refractivity contribution in [3.8, 4) is 0 Å². The Hall–Kier alpha value is -2.95.